The molecule has 1 aromatic heterocycles. The molecule has 0 bridgehead atoms. The van der Waals surface area contributed by atoms with Gasteiger partial charge in [-0.1, -0.05) is 36.4 Å². The fraction of sp³-hybridized carbons (Fsp3) is 0.304. The van der Waals surface area contributed by atoms with Crippen LogP contribution in [0.5, 0.6) is 0 Å². The molecular weight excluding hydrogens is 382 g/mol. The Morgan fingerprint density at radius 3 is 2.28 bits per heavy atom. The predicted molar refractivity (Wildman–Crippen MR) is 119 cm³/mol. The summed E-state index contributed by atoms with van der Waals surface area (Å²) in [6.07, 6.45) is 0. The maximum atomic E-state index is 13.5. The molecule has 0 N–H and O–H groups in total. The number of nitrogens with zero attached hydrogens (tertiary/aromatic N) is 3. The molecule has 29 heavy (non-hydrogen) atoms. The number of para-hydroxylation sites is 1. The summed E-state index contributed by atoms with van der Waals surface area (Å²) in [6, 6.07) is 15.8. The van der Waals surface area contributed by atoms with Gasteiger partial charge in [-0.3, -0.25) is 19.2 Å². The molecular formula is C23H25N3O2S. The van der Waals surface area contributed by atoms with Crippen molar-refractivity contribution in [2.75, 3.05) is 4.90 Å². The summed E-state index contributed by atoms with van der Waals surface area (Å²) in [5.41, 5.74) is 5.28. The van der Waals surface area contributed by atoms with Crippen LogP contribution in [0.2, 0.25) is 0 Å². The molecule has 2 atom stereocenters. The highest BCUT2D eigenvalue weighted by Crippen LogP contribution is 2.45. The standard InChI is InChI=1S/C23H25N3O2S/c1-14-11-12-18(13-15(14)2)23-25(21(27)17(4)29-23)20-16(3)24(5)26(22(20)28)19-9-7-6-8-10-19/h6-13,17,23H,1-5H3/t17-,23+/m1/s1. The minimum Gasteiger partial charge on any atom is -0.288 e. The fourth-order valence-corrected chi connectivity index (χ4v) is 5.08. The van der Waals surface area contributed by atoms with Crippen molar-refractivity contribution in [2.24, 2.45) is 7.05 Å². The highest BCUT2D eigenvalue weighted by Gasteiger charge is 2.42. The molecule has 1 aliphatic heterocycles. The fourth-order valence-electron chi connectivity index (χ4n) is 3.83. The molecule has 1 amide bonds. The Labute approximate surface area is 174 Å². The Morgan fingerprint density at radius 1 is 0.931 bits per heavy atom. The number of anilines is 1. The van der Waals surface area contributed by atoms with Gasteiger partial charge >= 0.3 is 0 Å². The van der Waals surface area contributed by atoms with Gasteiger partial charge in [0, 0.05) is 7.05 Å². The first kappa shape index (κ1) is 19.6. The predicted octanol–water partition coefficient (Wildman–Crippen LogP) is 4.27. The maximum Gasteiger partial charge on any atom is 0.295 e. The Kier molecular flexibility index (Phi) is 4.90. The summed E-state index contributed by atoms with van der Waals surface area (Å²) in [5, 5.41) is -0.416. The van der Waals surface area contributed by atoms with Gasteiger partial charge < -0.3 is 0 Å². The topological polar surface area (TPSA) is 47.2 Å². The average molecular weight is 408 g/mol. The third-order valence-electron chi connectivity index (χ3n) is 5.73. The van der Waals surface area contributed by atoms with E-state index in [1.165, 1.54) is 11.1 Å². The Balaban J connectivity index is 1.89. The highest BCUT2D eigenvalue weighted by molar-refractivity contribution is 8.01. The van der Waals surface area contributed by atoms with E-state index in [1.807, 2.05) is 55.9 Å². The number of amides is 1. The lowest BCUT2D eigenvalue weighted by Gasteiger charge is -2.23. The maximum absolute atomic E-state index is 13.5. The van der Waals surface area contributed by atoms with Crippen molar-refractivity contribution in [3.05, 3.63) is 81.3 Å². The lowest BCUT2D eigenvalue weighted by molar-refractivity contribution is -0.117. The molecule has 150 valence electrons. The quantitative estimate of drug-likeness (QED) is 0.651. The summed E-state index contributed by atoms with van der Waals surface area (Å²) in [6.45, 7) is 7.96. The van der Waals surface area contributed by atoms with Crippen molar-refractivity contribution in [3.63, 3.8) is 0 Å². The molecule has 0 saturated carbocycles. The molecule has 0 radical (unpaired) electrons. The number of hydrogen-bond donors (Lipinski definition) is 0. The number of aryl methyl sites for hydroxylation is 2. The van der Waals surface area contributed by atoms with Crippen molar-refractivity contribution in [1.29, 1.82) is 0 Å². The molecule has 1 fully saturated rings. The first-order valence-electron chi connectivity index (χ1n) is 9.71. The summed E-state index contributed by atoms with van der Waals surface area (Å²) >= 11 is 1.59. The van der Waals surface area contributed by atoms with Crippen molar-refractivity contribution in [2.45, 2.75) is 38.3 Å². The first-order valence-corrected chi connectivity index (χ1v) is 10.6. The molecule has 1 aliphatic rings. The van der Waals surface area contributed by atoms with Gasteiger partial charge in [0.05, 0.1) is 16.6 Å². The van der Waals surface area contributed by atoms with Crippen LogP contribution in [0.15, 0.2) is 53.3 Å². The Bertz CT molecular complexity index is 1150. The second-order valence-electron chi connectivity index (χ2n) is 7.59. The largest absolute Gasteiger partial charge is 0.295 e. The van der Waals surface area contributed by atoms with Crippen LogP contribution in [0.25, 0.3) is 5.69 Å². The first-order chi connectivity index (χ1) is 13.8. The number of hydrogen-bond acceptors (Lipinski definition) is 3. The van der Waals surface area contributed by atoms with Gasteiger partial charge in [0.2, 0.25) is 5.91 Å². The monoisotopic (exact) mass is 407 g/mol. The Morgan fingerprint density at radius 2 is 1.62 bits per heavy atom. The molecule has 4 rings (SSSR count). The van der Waals surface area contributed by atoms with Crippen LogP contribution < -0.4 is 10.5 Å². The SMILES string of the molecule is Cc1ccc([C@@H]2S[C@H](C)C(=O)N2c2c(C)n(C)n(-c3ccccc3)c2=O)cc1C. The highest BCUT2D eigenvalue weighted by atomic mass is 32.2. The van der Waals surface area contributed by atoms with E-state index >= 15 is 0 Å². The third kappa shape index (κ3) is 3.12. The number of rotatable bonds is 3. The van der Waals surface area contributed by atoms with E-state index < -0.39 is 0 Å². The minimum atomic E-state index is -0.213. The van der Waals surface area contributed by atoms with Gasteiger partial charge in [-0.15, -0.1) is 11.8 Å². The van der Waals surface area contributed by atoms with Crippen LogP contribution in [-0.4, -0.2) is 20.5 Å². The molecule has 2 aromatic carbocycles. The van der Waals surface area contributed by atoms with Crippen LogP contribution in [-0.2, 0) is 11.8 Å². The van der Waals surface area contributed by atoms with Crippen LogP contribution in [0, 0.1) is 20.8 Å². The van der Waals surface area contributed by atoms with Crippen molar-refractivity contribution in [1.82, 2.24) is 9.36 Å². The lowest BCUT2D eigenvalue weighted by atomic mass is 10.1. The van der Waals surface area contributed by atoms with E-state index in [0.717, 1.165) is 16.9 Å². The molecule has 1 saturated heterocycles. The van der Waals surface area contributed by atoms with E-state index in [4.69, 9.17) is 0 Å². The number of benzene rings is 2. The molecule has 5 nitrogen and oxygen atoms in total. The summed E-state index contributed by atoms with van der Waals surface area (Å²) < 4.78 is 3.45. The third-order valence-corrected chi connectivity index (χ3v) is 7.08. The number of thioether (sulfide) groups is 1. The van der Waals surface area contributed by atoms with Gasteiger partial charge in [0.1, 0.15) is 11.1 Å². The smallest absolute Gasteiger partial charge is 0.288 e. The van der Waals surface area contributed by atoms with Gasteiger partial charge in [0.15, 0.2) is 0 Å². The van der Waals surface area contributed by atoms with Gasteiger partial charge in [0.25, 0.3) is 5.56 Å². The van der Waals surface area contributed by atoms with Crippen LogP contribution in [0.1, 0.15) is 34.7 Å². The van der Waals surface area contributed by atoms with E-state index in [-0.39, 0.29) is 22.1 Å². The molecule has 6 heteroatoms. The van der Waals surface area contributed by atoms with Gasteiger partial charge in [-0.05, 0) is 56.5 Å². The molecule has 0 unspecified atom stereocenters. The van der Waals surface area contributed by atoms with Crippen molar-refractivity contribution >= 4 is 23.4 Å². The molecule has 3 aromatic rings. The van der Waals surface area contributed by atoms with Crippen LogP contribution >= 0.6 is 11.8 Å². The van der Waals surface area contributed by atoms with Crippen LogP contribution in [0.3, 0.4) is 0 Å². The van der Waals surface area contributed by atoms with E-state index in [1.54, 1.807) is 21.3 Å². The minimum absolute atomic E-state index is 0.0239. The zero-order chi connectivity index (χ0) is 20.9. The molecule has 0 aliphatic carbocycles. The number of carbonyl (C=O) groups excluding carboxylic acids is 1. The zero-order valence-corrected chi connectivity index (χ0v) is 18.2. The second kappa shape index (κ2) is 7.26. The summed E-state index contributed by atoms with van der Waals surface area (Å²) in [5.74, 6) is -0.0239. The number of aromatic nitrogens is 2. The molecule has 0 spiro atoms. The number of carbonyl (C=O) groups is 1. The van der Waals surface area contributed by atoms with Gasteiger partial charge in [-0.25, -0.2) is 4.68 Å². The lowest BCUT2D eigenvalue weighted by Crippen LogP contribution is -2.34. The Hall–Kier alpha value is -2.73. The van der Waals surface area contributed by atoms with Crippen molar-refractivity contribution in [3.8, 4) is 5.69 Å². The van der Waals surface area contributed by atoms with Gasteiger partial charge in [-0.2, -0.15) is 0 Å². The van der Waals surface area contributed by atoms with E-state index in [9.17, 15) is 9.59 Å². The average Bonchev–Trinajstić information content (AvgIpc) is 3.11. The normalized spacial score (nSPS) is 19.2. The van der Waals surface area contributed by atoms with Crippen LogP contribution in [0.4, 0.5) is 5.69 Å². The second-order valence-corrected chi connectivity index (χ2v) is 9.02. The van der Waals surface area contributed by atoms with E-state index in [2.05, 4.69) is 32.0 Å². The molecule has 2 heterocycles. The zero-order valence-electron chi connectivity index (χ0n) is 17.3. The van der Waals surface area contributed by atoms with E-state index in [0.29, 0.717) is 5.69 Å². The van der Waals surface area contributed by atoms with Crippen molar-refractivity contribution < 1.29 is 4.79 Å². The summed E-state index contributed by atoms with van der Waals surface area (Å²) in [7, 11) is 1.86. The summed E-state index contributed by atoms with van der Waals surface area (Å²) in [4.78, 5) is 28.3.